The van der Waals surface area contributed by atoms with Gasteiger partial charge in [-0.3, -0.25) is 4.79 Å². The van der Waals surface area contributed by atoms with Crippen molar-refractivity contribution < 1.29 is 15.0 Å². The lowest BCUT2D eigenvalue weighted by Gasteiger charge is -2.05. The molecule has 0 heterocycles. The Hall–Kier alpha value is -0.830. The second-order valence-electron chi connectivity index (χ2n) is 3.49. The maximum atomic E-state index is 10.3. The molecule has 0 rings (SSSR count). The summed E-state index contributed by atoms with van der Waals surface area (Å²) in [7, 11) is 0. The zero-order valence-electron chi connectivity index (χ0n) is 8.29. The number of carbonyl (C=O) groups is 1. The Balaban J connectivity index is 3.58. The van der Waals surface area contributed by atoms with Crippen molar-refractivity contribution in [2.45, 2.75) is 33.1 Å². The fourth-order valence-corrected chi connectivity index (χ4v) is 1.08. The molecule has 0 bridgehead atoms. The Kier molecular flexibility index (Phi) is 6.24. The number of allylic oxidation sites excluding steroid dienone is 1. The van der Waals surface area contributed by atoms with Crippen molar-refractivity contribution in [2.24, 2.45) is 5.92 Å². The highest BCUT2D eigenvalue weighted by Crippen LogP contribution is 2.11. The largest absolute Gasteiger partial charge is 0.481 e. The summed E-state index contributed by atoms with van der Waals surface area (Å²) in [5.41, 5.74) is 0.947. The normalized spacial score (nSPS) is 14.2. The topological polar surface area (TPSA) is 57.5 Å². The van der Waals surface area contributed by atoms with Crippen LogP contribution in [0.5, 0.6) is 0 Å². The first-order valence-electron chi connectivity index (χ1n) is 4.54. The molecule has 0 aliphatic heterocycles. The van der Waals surface area contributed by atoms with Crippen LogP contribution < -0.4 is 0 Å². The van der Waals surface area contributed by atoms with E-state index in [0.29, 0.717) is 0 Å². The first-order chi connectivity index (χ1) is 6.06. The van der Waals surface area contributed by atoms with Gasteiger partial charge in [-0.2, -0.15) is 0 Å². The van der Waals surface area contributed by atoms with Crippen molar-refractivity contribution in [3.63, 3.8) is 0 Å². The van der Waals surface area contributed by atoms with Crippen LogP contribution >= 0.6 is 0 Å². The van der Waals surface area contributed by atoms with Crippen LogP contribution in [0.1, 0.15) is 33.1 Å². The molecule has 0 fully saturated rings. The summed E-state index contributed by atoms with van der Waals surface area (Å²) in [4.78, 5) is 10.3. The highest BCUT2D eigenvalue weighted by Gasteiger charge is 2.05. The molecule has 0 aromatic heterocycles. The molecule has 1 unspecified atom stereocenters. The summed E-state index contributed by atoms with van der Waals surface area (Å²) in [5.74, 6) is -0.532. The number of rotatable bonds is 6. The highest BCUT2D eigenvalue weighted by molar-refractivity contribution is 5.66. The Morgan fingerprint density at radius 1 is 1.54 bits per heavy atom. The maximum Gasteiger partial charge on any atom is 0.303 e. The van der Waals surface area contributed by atoms with E-state index in [1.54, 1.807) is 0 Å². The molecule has 0 aromatic carbocycles. The minimum atomic E-state index is -0.740. The maximum absolute atomic E-state index is 10.3. The van der Waals surface area contributed by atoms with Crippen molar-refractivity contribution >= 4 is 5.97 Å². The summed E-state index contributed by atoms with van der Waals surface area (Å²) in [6, 6.07) is 0. The molecule has 3 nitrogen and oxygen atoms in total. The van der Waals surface area contributed by atoms with E-state index in [2.05, 4.69) is 0 Å². The first-order valence-corrected chi connectivity index (χ1v) is 4.54. The monoisotopic (exact) mass is 186 g/mol. The van der Waals surface area contributed by atoms with Gasteiger partial charge >= 0.3 is 5.97 Å². The van der Waals surface area contributed by atoms with Gasteiger partial charge in [0.15, 0.2) is 0 Å². The summed E-state index contributed by atoms with van der Waals surface area (Å²) >= 11 is 0. The summed E-state index contributed by atoms with van der Waals surface area (Å²) in [6.07, 6.45) is 3.90. The number of hydrogen-bond acceptors (Lipinski definition) is 2. The van der Waals surface area contributed by atoms with Crippen molar-refractivity contribution in [1.29, 1.82) is 0 Å². The van der Waals surface area contributed by atoms with Crippen molar-refractivity contribution in [3.05, 3.63) is 11.6 Å². The Morgan fingerprint density at radius 2 is 2.15 bits per heavy atom. The van der Waals surface area contributed by atoms with E-state index in [-0.39, 0.29) is 18.9 Å². The predicted octanol–water partition coefficient (Wildman–Crippen LogP) is 1.82. The lowest BCUT2D eigenvalue weighted by molar-refractivity contribution is -0.138. The molecule has 1 atom stereocenters. The molecular formula is C10H18O3. The highest BCUT2D eigenvalue weighted by atomic mass is 16.4. The van der Waals surface area contributed by atoms with E-state index in [1.165, 1.54) is 0 Å². The molecule has 0 saturated heterocycles. The third kappa shape index (κ3) is 7.53. The second kappa shape index (κ2) is 6.66. The number of aliphatic carboxylic acids is 1. The minimum absolute atomic E-state index is 0.0906. The van der Waals surface area contributed by atoms with Gasteiger partial charge in [-0.25, -0.2) is 0 Å². The van der Waals surface area contributed by atoms with Crippen LogP contribution in [0.2, 0.25) is 0 Å². The summed E-state index contributed by atoms with van der Waals surface area (Å²) < 4.78 is 0. The van der Waals surface area contributed by atoms with E-state index in [1.807, 2.05) is 19.9 Å². The number of hydrogen-bond donors (Lipinski definition) is 2. The van der Waals surface area contributed by atoms with E-state index in [0.717, 1.165) is 18.4 Å². The standard InChI is InChI=1S/C10H18O3/c1-8(6-10(12)13)4-3-5-9(2)7-11/h5,8,11H,3-4,6-7H2,1-2H3,(H,12,13)/b9-5+. The van der Waals surface area contributed by atoms with E-state index in [4.69, 9.17) is 10.2 Å². The molecule has 2 N–H and O–H groups in total. The average Bonchev–Trinajstić information content (AvgIpc) is 2.02. The van der Waals surface area contributed by atoms with Crippen LogP contribution in [0.15, 0.2) is 11.6 Å². The quantitative estimate of drug-likeness (QED) is 0.622. The van der Waals surface area contributed by atoms with Crippen LogP contribution in [0.4, 0.5) is 0 Å². The summed E-state index contributed by atoms with van der Waals surface area (Å²) in [5, 5.41) is 17.2. The van der Waals surface area contributed by atoms with E-state index < -0.39 is 5.97 Å². The first kappa shape index (κ1) is 12.2. The molecule has 76 valence electrons. The van der Waals surface area contributed by atoms with Crippen LogP contribution in [-0.2, 0) is 4.79 Å². The van der Waals surface area contributed by atoms with Gasteiger partial charge in [-0.1, -0.05) is 18.6 Å². The smallest absolute Gasteiger partial charge is 0.303 e. The van der Waals surface area contributed by atoms with Crippen molar-refractivity contribution in [1.82, 2.24) is 0 Å². The van der Waals surface area contributed by atoms with Crippen molar-refractivity contribution in [2.75, 3.05) is 6.61 Å². The zero-order valence-corrected chi connectivity index (χ0v) is 8.29. The second-order valence-corrected chi connectivity index (χ2v) is 3.49. The van der Waals surface area contributed by atoms with Crippen molar-refractivity contribution in [3.8, 4) is 0 Å². The number of aliphatic hydroxyl groups is 1. The zero-order chi connectivity index (χ0) is 10.3. The van der Waals surface area contributed by atoms with Crippen LogP contribution in [0.3, 0.4) is 0 Å². The number of aliphatic hydroxyl groups excluding tert-OH is 1. The molecule has 13 heavy (non-hydrogen) atoms. The molecule has 3 heteroatoms. The average molecular weight is 186 g/mol. The predicted molar refractivity (Wildman–Crippen MR) is 51.5 cm³/mol. The van der Waals surface area contributed by atoms with Gasteiger partial charge in [0.25, 0.3) is 0 Å². The minimum Gasteiger partial charge on any atom is -0.481 e. The number of carboxylic acids is 1. The third-order valence-corrected chi connectivity index (χ3v) is 1.92. The van der Waals surface area contributed by atoms with Gasteiger partial charge < -0.3 is 10.2 Å². The molecule has 0 aromatic rings. The van der Waals surface area contributed by atoms with Gasteiger partial charge in [0.05, 0.1) is 6.61 Å². The molecule has 0 spiro atoms. The molecule has 0 aliphatic rings. The van der Waals surface area contributed by atoms with Gasteiger partial charge in [-0.15, -0.1) is 0 Å². The molecular weight excluding hydrogens is 168 g/mol. The van der Waals surface area contributed by atoms with Crippen LogP contribution in [-0.4, -0.2) is 22.8 Å². The van der Waals surface area contributed by atoms with Gasteiger partial charge in [0.2, 0.25) is 0 Å². The fourth-order valence-electron chi connectivity index (χ4n) is 1.08. The van der Waals surface area contributed by atoms with E-state index >= 15 is 0 Å². The lowest BCUT2D eigenvalue weighted by atomic mass is 10.0. The SMILES string of the molecule is C/C(=C\CCC(C)CC(=O)O)CO. The fraction of sp³-hybridized carbons (Fsp3) is 0.700. The third-order valence-electron chi connectivity index (χ3n) is 1.92. The molecule has 0 saturated carbocycles. The van der Waals surface area contributed by atoms with Gasteiger partial charge in [-0.05, 0) is 25.7 Å². The Labute approximate surface area is 79.1 Å². The molecule has 0 amide bonds. The molecule has 0 aliphatic carbocycles. The van der Waals surface area contributed by atoms with Crippen LogP contribution in [0.25, 0.3) is 0 Å². The number of carboxylic acid groups (broad SMARTS) is 1. The van der Waals surface area contributed by atoms with Gasteiger partial charge in [0, 0.05) is 6.42 Å². The van der Waals surface area contributed by atoms with Crippen LogP contribution in [0, 0.1) is 5.92 Å². The Bertz CT molecular complexity index is 185. The Morgan fingerprint density at radius 3 is 2.62 bits per heavy atom. The summed E-state index contributed by atoms with van der Waals surface area (Å²) in [6.45, 7) is 3.88. The van der Waals surface area contributed by atoms with E-state index in [9.17, 15) is 4.79 Å². The van der Waals surface area contributed by atoms with Gasteiger partial charge in [0.1, 0.15) is 0 Å². The lowest BCUT2D eigenvalue weighted by Crippen LogP contribution is -2.03. The molecule has 0 radical (unpaired) electrons.